The number of esters is 1. The average Bonchev–Trinajstić information content (AvgIpc) is 3.08. The highest BCUT2D eigenvalue weighted by atomic mass is 16.5. The van der Waals surface area contributed by atoms with Crippen LogP contribution in [0.15, 0.2) is 0 Å². The van der Waals surface area contributed by atoms with Crippen molar-refractivity contribution >= 4 is 5.97 Å². The van der Waals surface area contributed by atoms with Crippen LogP contribution in [-0.4, -0.2) is 12.1 Å². The molecule has 10 atom stereocenters. The Bertz CT molecular complexity index is 670. The van der Waals surface area contributed by atoms with Crippen molar-refractivity contribution in [1.29, 1.82) is 0 Å². The van der Waals surface area contributed by atoms with Gasteiger partial charge in [-0.15, -0.1) is 0 Å². The minimum absolute atomic E-state index is 0.0883. The number of rotatable bonds is 6. The second-order valence-electron chi connectivity index (χ2n) is 13.7. The Kier molecular flexibility index (Phi) is 7.11. The number of carbonyl (C=O) groups excluding carboxylic acids is 1. The number of fused-ring (bicyclic) bond motifs is 5. The van der Waals surface area contributed by atoms with Crippen molar-refractivity contribution in [2.24, 2.45) is 58.2 Å². The summed E-state index contributed by atoms with van der Waals surface area (Å²) in [6.45, 7) is 16.7. The molecular weight excluding hydrogens is 392 g/mol. The Morgan fingerprint density at radius 2 is 1.56 bits per heavy atom. The second kappa shape index (κ2) is 9.26. The number of ether oxygens (including phenoxy) is 1. The van der Waals surface area contributed by atoms with Crippen LogP contribution in [0.3, 0.4) is 0 Å². The van der Waals surface area contributed by atoms with E-state index in [1.807, 2.05) is 0 Å². The maximum absolute atomic E-state index is 11.5. The summed E-state index contributed by atoms with van der Waals surface area (Å²) in [4.78, 5) is 11.5. The SMILES string of the molecule is CC(=O)O[C@H]1CC[C@]2(C)C3CC[C@@]4(C)C(CCC4[C@@H](C)CCC(C)C(C)C)C3CC[C@@H]2C1. The highest BCUT2D eigenvalue weighted by Gasteiger charge is 2.60. The lowest BCUT2D eigenvalue weighted by Crippen LogP contribution is -2.54. The highest BCUT2D eigenvalue weighted by Crippen LogP contribution is 2.68. The molecule has 0 spiro atoms. The van der Waals surface area contributed by atoms with Gasteiger partial charge in [0.25, 0.3) is 0 Å². The summed E-state index contributed by atoms with van der Waals surface area (Å²) in [7, 11) is 0. The van der Waals surface area contributed by atoms with E-state index >= 15 is 0 Å². The normalized spacial score (nSPS) is 45.5. The summed E-state index contributed by atoms with van der Waals surface area (Å²) in [5.74, 6) is 6.99. The van der Waals surface area contributed by atoms with Crippen LogP contribution in [0.5, 0.6) is 0 Å². The molecular formula is C30H52O2. The minimum Gasteiger partial charge on any atom is -0.463 e. The predicted molar refractivity (Wildman–Crippen MR) is 133 cm³/mol. The molecule has 5 unspecified atom stereocenters. The third-order valence-electron chi connectivity index (χ3n) is 11.9. The quantitative estimate of drug-likeness (QED) is 0.385. The van der Waals surface area contributed by atoms with E-state index in [2.05, 4.69) is 41.5 Å². The molecule has 0 aromatic rings. The first kappa shape index (κ1) is 24.6. The van der Waals surface area contributed by atoms with Crippen LogP contribution in [-0.2, 0) is 9.53 Å². The van der Waals surface area contributed by atoms with Crippen LogP contribution in [0.4, 0.5) is 0 Å². The predicted octanol–water partition coefficient (Wildman–Crippen LogP) is 8.29. The molecule has 32 heavy (non-hydrogen) atoms. The zero-order valence-electron chi connectivity index (χ0n) is 22.3. The van der Waals surface area contributed by atoms with Crippen molar-refractivity contribution in [3.63, 3.8) is 0 Å². The molecule has 0 radical (unpaired) electrons. The molecule has 4 aliphatic carbocycles. The van der Waals surface area contributed by atoms with Gasteiger partial charge in [-0.2, -0.15) is 0 Å². The zero-order chi connectivity index (χ0) is 23.3. The summed E-state index contributed by atoms with van der Waals surface area (Å²) >= 11 is 0. The van der Waals surface area contributed by atoms with Gasteiger partial charge in [0.2, 0.25) is 0 Å². The fourth-order valence-electron chi connectivity index (χ4n) is 9.60. The molecule has 0 bridgehead atoms. The van der Waals surface area contributed by atoms with E-state index in [0.717, 1.165) is 60.2 Å². The maximum Gasteiger partial charge on any atom is 0.302 e. The van der Waals surface area contributed by atoms with Crippen molar-refractivity contribution in [1.82, 2.24) is 0 Å². The molecule has 0 aliphatic heterocycles. The lowest BCUT2D eigenvalue weighted by atomic mass is 9.44. The van der Waals surface area contributed by atoms with Crippen molar-refractivity contribution in [2.75, 3.05) is 0 Å². The highest BCUT2D eigenvalue weighted by molar-refractivity contribution is 5.66. The molecule has 0 aromatic carbocycles. The Morgan fingerprint density at radius 1 is 0.875 bits per heavy atom. The summed E-state index contributed by atoms with van der Waals surface area (Å²) in [6.07, 6.45) is 15.2. The molecule has 0 N–H and O–H groups in total. The lowest BCUT2D eigenvalue weighted by molar-refractivity contribution is -0.160. The van der Waals surface area contributed by atoms with Crippen LogP contribution in [0.1, 0.15) is 119 Å². The number of hydrogen-bond donors (Lipinski definition) is 0. The van der Waals surface area contributed by atoms with E-state index in [1.165, 1.54) is 57.8 Å². The van der Waals surface area contributed by atoms with Crippen LogP contribution in [0, 0.1) is 58.2 Å². The number of hydrogen-bond acceptors (Lipinski definition) is 2. The van der Waals surface area contributed by atoms with Crippen LogP contribution < -0.4 is 0 Å². The fraction of sp³-hybridized carbons (Fsp3) is 0.967. The smallest absolute Gasteiger partial charge is 0.302 e. The molecule has 0 amide bonds. The fourth-order valence-corrected chi connectivity index (χ4v) is 9.60. The molecule has 4 saturated carbocycles. The van der Waals surface area contributed by atoms with E-state index in [-0.39, 0.29) is 12.1 Å². The topological polar surface area (TPSA) is 26.3 Å². The van der Waals surface area contributed by atoms with E-state index in [9.17, 15) is 4.79 Å². The van der Waals surface area contributed by atoms with Crippen molar-refractivity contribution < 1.29 is 9.53 Å². The molecule has 0 aromatic heterocycles. The summed E-state index contributed by atoms with van der Waals surface area (Å²) < 4.78 is 5.66. The van der Waals surface area contributed by atoms with E-state index in [1.54, 1.807) is 6.92 Å². The largest absolute Gasteiger partial charge is 0.463 e. The van der Waals surface area contributed by atoms with E-state index in [0.29, 0.717) is 10.8 Å². The van der Waals surface area contributed by atoms with Gasteiger partial charge in [-0.3, -0.25) is 4.79 Å². The van der Waals surface area contributed by atoms with E-state index in [4.69, 9.17) is 4.74 Å². The first-order chi connectivity index (χ1) is 15.1. The van der Waals surface area contributed by atoms with Gasteiger partial charge in [-0.25, -0.2) is 0 Å². The Balaban J connectivity index is 1.43. The molecule has 0 heterocycles. The lowest BCUT2D eigenvalue weighted by Gasteiger charge is -2.61. The van der Waals surface area contributed by atoms with Gasteiger partial charge in [-0.1, -0.05) is 54.4 Å². The van der Waals surface area contributed by atoms with Gasteiger partial charge in [-0.05, 0) is 116 Å². The van der Waals surface area contributed by atoms with Crippen LogP contribution in [0.2, 0.25) is 0 Å². The molecule has 184 valence electrons. The Labute approximate surface area is 199 Å². The van der Waals surface area contributed by atoms with Gasteiger partial charge >= 0.3 is 5.97 Å². The molecule has 4 rings (SSSR count). The zero-order valence-corrected chi connectivity index (χ0v) is 22.3. The standard InChI is InChI=1S/C30H52O2/c1-19(2)20(3)8-9-21(4)26-12-13-27-25-11-10-23-18-24(32-22(5)31)14-16-29(23,6)28(25)15-17-30(26,27)7/h19-21,23-28H,8-18H2,1-7H3/t20?,21-,23+,24-,25?,26?,27?,28?,29-,30+/m0/s1. The van der Waals surface area contributed by atoms with E-state index < -0.39 is 0 Å². The average molecular weight is 445 g/mol. The second-order valence-corrected chi connectivity index (χ2v) is 13.7. The van der Waals surface area contributed by atoms with Gasteiger partial charge in [0.15, 0.2) is 0 Å². The third kappa shape index (κ3) is 4.31. The van der Waals surface area contributed by atoms with Crippen molar-refractivity contribution in [2.45, 2.75) is 125 Å². The maximum atomic E-state index is 11.5. The summed E-state index contributed by atoms with van der Waals surface area (Å²) in [5, 5.41) is 0. The minimum atomic E-state index is -0.0883. The Hall–Kier alpha value is -0.530. The Morgan fingerprint density at radius 3 is 2.25 bits per heavy atom. The van der Waals surface area contributed by atoms with Gasteiger partial charge in [0, 0.05) is 6.92 Å². The molecule has 4 fully saturated rings. The molecule has 4 aliphatic rings. The summed E-state index contributed by atoms with van der Waals surface area (Å²) in [5.41, 5.74) is 1.07. The number of carbonyl (C=O) groups is 1. The van der Waals surface area contributed by atoms with Crippen molar-refractivity contribution in [3.8, 4) is 0 Å². The van der Waals surface area contributed by atoms with Crippen molar-refractivity contribution in [3.05, 3.63) is 0 Å². The van der Waals surface area contributed by atoms with Gasteiger partial charge in [0.05, 0.1) is 0 Å². The first-order valence-corrected chi connectivity index (χ1v) is 14.2. The van der Waals surface area contributed by atoms with Gasteiger partial charge < -0.3 is 4.74 Å². The molecule has 0 saturated heterocycles. The van der Waals surface area contributed by atoms with Crippen LogP contribution in [0.25, 0.3) is 0 Å². The summed E-state index contributed by atoms with van der Waals surface area (Å²) in [6, 6.07) is 0. The van der Waals surface area contributed by atoms with Crippen LogP contribution >= 0.6 is 0 Å². The first-order valence-electron chi connectivity index (χ1n) is 14.2. The monoisotopic (exact) mass is 444 g/mol. The molecule has 2 heteroatoms. The molecule has 2 nitrogen and oxygen atoms in total. The van der Waals surface area contributed by atoms with Gasteiger partial charge in [0.1, 0.15) is 6.10 Å². The third-order valence-corrected chi connectivity index (χ3v) is 11.9.